The van der Waals surface area contributed by atoms with E-state index >= 15 is 0 Å². The predicted molar refractivity (Wildman–Crippen MR) is 97.8 cm³/mol. The highest BCUT2D eigenvalue weighted by atomic mass is 16.6. The van der Waals surface area contributed by atoms with E-state index in [1.165, 1.54) is 12.8 Å². The van der Waals surface area contributed by atoms with Gasteiger partial charge in [0.25, 0.3) is 0 Å². The highest BCUT2D eigenvalue weighted by Crippen LogP contribution is 2.19. The van der Waals surface area contributed by atoms with Crippen LogP contribution < -0.4 is 15.5 Å². The first kappa shape index (κ1) is 19.0. The average Bonchev–Trinajstić information content (AvgIpc) is 3.05. The molecule has 138 valence electrons. The lowest BCUT2D eigenvalue weighted by Gasteiger charge is -2.19. The maximum absolute atomic E-state index is 11.9. The number of hydrogen-bond donors (Lipinski definition) is 2. The molecule has 0 bridgehead atoms. The number of nitrogens with zero attached hydrogens (tertiary/aromatic N) is 2. The molecule has 0 aromatic carbocycles. The van der Waals surface area contributed by atoms with Crippen LogP contribution in [0.1, 0.15) is 46.5 Å². The van der Waals surface area contributed by atoms with Crippen molar-refractivity contribution >= 4 is 23.5 Å². The number of carbonyl (C=O) groups is 2. The number of aromatic nitrogens is 1. The van der Waals surface area contributed by atoms with E-state index in [1.807, 2.05) is 32.9 Å². The van der Waals surface area contributed by atoms with Gasteiger partial charge in [0.2, 0.25) is 5.91 Å². The van der Waals surface area contributed by atoms with Gasteiger partial charge in [0.1, 0.15) is 11.4 Å². The Balaban J connectivity index is 1.65. The molecule has 1 aromatic rings. The smallest absolute Gasteiger partial charge is 0.407 e. The zero-order valence-electron chi connectivity index (χ0n) is 15.3. The maximum atomic E-state index is 11.9. The van der Waals surface area contributed by atoms with Crippen molar-refractivity contribution in [1.29, 1.82) is 0 Å². The van der Waals surface area contributed by atoms with E-state index in [4.69, 9.17) is 4.74 Å². The van der Waals surface area contributed by atoms with Crippen molar-refractivity contribution in [3.8, 4) is 0 Å². The summed E-state index contributed by atoms with van der Waals surface area (Å²) >= 11 is 0. The van der Waals surface area contributed by atoms with Crippen molar-refractivity contribution in [3.05, 3.63) is 18.3 Å². The second-order valence-electron chi connectivity index (χ2n) is 7.18. The fourth-order valence-corrected chi connectivity index (χ4v) is 2.57. The molecule has 2 heterocycles. The number of pyridine rings is 1. The minimum absolute atomic E-state index is 0.0956. The second kappa shape index (κ2) is 8.69. The number of alkyl carbamates (subject to hydrolysis) is 1. The fraction of sp³-hybridized carbons (Fsp3) is 0.611. The quantitative estimate of drug-likeness (QED) is 0.772. The number of ether oxygens (including phenoxy) is 1. The highest BCUT2D eigenvalue weighted by molar-refractivity contribution is 5.90. The third-order valence-corrected chi connectivity index (χ3v) is 3.71. The number of hydrogen-bond acceptors (Lipinski definition) is 5. The topological polar surface area (TPSA) is 83.6 Å². The molecule has 2 amide bonds. The first-order chi connectivity index (χ1) is 11.8. The lowest BCUT2D eigenvalue weighted by molar-refractivity contribution is -0.116. The summed E-state index contributed by atoms with van der Waals surface area (Å²) in [6, 6.07) is 3.81. The molecule has 1 aliphatic rings. The molecule has 1 aromatic heterocycles. The van der Waals surface area contributed by atoms with Crippen LogP contribution in [0, 0.1) is 0 Å². The van der Waals surface area contributed by atoms with Gasteiger partial charge < -0.3 is 20.3 Å². The summed E-state index contributed by atoms with van der Waals surface area (Å²) in [6.07, 6.45) is 4.50. The Morgan fingerprint density at radius 2 is 1.96 bits per heavy atom. The third kappa shape index (κ3) is 6.99. The van der Waals surface area contributed by atoms with Gasteiger partial charge in [-0.15, -0.1) is 0 Å². The molecule has 0 aliphatic carbocycles. The molecular weight excluding hydrogens is 320 g/mol. The van der Waals surface area contributed by atoms with Crippen molar-refractivity contribution in [2.75, 3.05) is 29.9 Å². The van der Waals surface area contributed by atoms with E-state index in [0.717, 1.165) is 18.9 Å². The van der Waals surface area contributed by atoms with E-state index in [0.29, 0.717) is 25.1 Å². The van der Waals surface area contributed by atoms with Crippen molar-refractivity contribution < 1.29 is 14.3 Å². The molecule has 0 saturated carbocycles. The number of amides is 2. The Hall–Kier alpha value is -2.31. The van der Waals surface area contributed by atoms with Gasteiger partial charge in [-0.25, -0.2) is 9.78 Å². The zero-order valence-corrected chi connectivity index (χ0v) is 15.3. The van der Waals surface area contributed by atoms with E-state index in [2.05, 4.69) is 20.5 Å². The minimum Gasteiger partial charge on any atom is -0.444 e. The Labute approximate surface area is 149 Å². The summed E-state index contributed by atoms with van der Waals surface area (Å²) < 4.78 is 5.13. The lowest BCUT2D eigenvalue weighted by Crippen LogP contribution is -2.33. The molecule has 0 atom stereocenters. The van der Waals surface area contributed by atoms with Crippen LogP contribution in [0.25, 0.3) is 0 Å². The van der Waals surface area contributed by atoms with Crippen LogP contribution in [0.2, 0.25) is 0 Å². The molecule has 25 heavy (non-hydrogen) atoms. The second-order valence-corrected chi connectivity index (χ2v) is 7.18. The molecule has 1 aliphatic heterocycles. The molecule has 1 fully saturated rings. The third-order valence-electron chi connectivity index (χ3n) is 3.71. The SMILES string of the molecule is CC(C)(C)OC(=O)NCCCC(=O)Nc1ccc(N2CCCC2)nc1. The molecule has 0 unspecified atom stereocenters. The van der Waals surface area contributed by atoms with Gasteiger partial charge in [0, 0.05) is 26.1 Å². The standard InChI is InChI=1S/C18H28N4O3/c1-18(2,3)25-17(24)19-10-6-7-16(23)21-14-8-9-15(20-13-14)22-11-4-5-12-22/h8-9,13H,4-7,10-12H2,1-3H3,(H,19,24)(H,21,23). The van der Waals surface area contributed by atoms with E-state index in [1.54, 1.807) is 6.20 Å². The number of carbonyl (C=O) groups excluding carboxylic acids is 2. The molecule has 2 N–H and O–H groups in total. The largest absolute Gasteiger partial charge is 0.444 e. The molecule has 7 heteroatoms. The highest BCUT2D eigenvalue weighted by Gasteiger charge is 2.16. The Morgan fingerprint density at radius 3 is 2.56 bits per heavy atom. The fourth-order valence-electron chi connectivity index (χ4n) is 2.57. The van der Waals surface area contributed by atoms with Crippen LogP contribution in [0.15, 0.2) is 18.3 Å². The van der Waals surface area contributed by atoms with Gasteiger partial charge in [-0.05, 0) is 52.2 Å². The van der Waals surface area contributed by atoms with E-state index in [9.17, 15) is 9.59 Å². The van der Waals surface area contributed by atoms with Crippen LogP contribution in [0.4, 0.5) is 16.3 Å². The Kier molecular flexibility index (Phi) is 6.61. The predicted octanol–water partition coefficient (Wildman–Crippen LogP) is 2.93. The van der Waals surface area contributed by atoms with Crippen LogP contribution in [0.3, 0.4) is 0 Å². The summed E-state index contributed by atoms with van der Waals surface area (Å²) in [5, 5.41) is 5.46. The normalized spacial score (nSPS) is 14.3. The van der Waals surface area contributed by atoms with Gasteiger partial charge in [-0.2, -0.15) is 0 Å². The molecule has 2 rings (SSSR count). The molecule has 0 radical (unpaired) electrons. The first-order valence-electron chi connectivity index (χ1n) is 8.81. The van der Waals surface area contributed by atoms with Crippen LogP contribution in [0.5, 0.6) is 0 Å². The van der Waals surface area contributed by atoms with Gasteiger partial charge in [0.15, 0.2) is 0 Å². The molecule has 1 saturated heterocycles. The van der Waals surface area contributed by atoms with E-state index < -0.39 is 11.7 Å². The number of nitrogens with one attached hydrogen (secondary N) is 2. The average molecular weight is 348 g/mol. The Morgan fingerprint density at radius 1 is 1.24 bits per heavy atom. The molecular formula is C18H28N4O3. The summed E-state index contributed by atoms with van der Waals surface area (Å²) in [5.41, 5.74) is 0.170. The summed E-state index contributed by atoms with van der Waals surface area (Å²) in [4.78, 5) is 30.1. The van der Waals surface area contributed by atoms with Gasteiger partial charge in [-0.3, -0.25) is 4.79 Å². The van der Waals surface area contributed by atoms with Crippen molar-refractivity contribution in [2.45, 2.75) is 52.1 Å². The van der Waals surface area contributed by atoms with Crippen molar-refractivity contribution in [2.24, 2.45) is 0 Å². The summed E-state index contributed by atoms with van der Waals surface area (Å²) in [5.74, 6) is 0.860. The van der Waals surface area contributed by atoms with Gasteiger partial charge in [-0.1, -0.05) is 0 Å². The van der Waals surface area contributed by atoms with Gasteiger partial charge >= 0.3 is 6.09 Å². The van der Waals surface area contributed by atoms with E-state index in [-0.39, 0.29) is 5.91 Å². The molecule has 0 spiro atoms. The summed E-state index contributed by atoms with van der Waals surface area (Å²) in [7, 11) is 0. The maximum Gasteiger partial charge on any atom is 0.407 e. The minimum atomic E-state index is -0.518. The lowest BCUT2D eigenvalue weighted by atomic mass is 10.2. The summed E-state index contributed by atoms with van der Waals surface area (Å²) in [6.45, 7) is 7.91. The number of rotatable bonds is 6. The molecule has 7 nitrogen and oxygen atoms in total. The number of anilines is 2. The van der Waals surface area contributed by atoms with Gasteiger partial charge in [0.05, 0.1) is 11.9 Å². The van der Waals surface area contributed by atoms with Crippen LogP contribution in [-0.4, -0.2) is 42.2 Å². The van der Waals surface area contributed by atoms with Crippen molar-refractivity contribution in [3.63, 3.8) is 0 Å². The first-order valence-corrected chi connectivity index (χ1v) is 8.81. The monoisotopic (exact) mass is 348 g/mol. The zero-order chi connectivity index (χ0) is 18.3. The van der Waals surface area contributed by atoms with Crippen molar-refractivity contribution in [1.82, 2.24) is 10.3 Å². The Bertz CT molecular complexity index is 575. The van der Waals surface area contributed by atoms with Crippen LogP contribution >= 0.6 is 0 Å². The van der Waals surface area contributed by atoms with Crippen LogP contribution in [-0.2, 0) is 9.53 Å².